The Kier molecular flexibility index (Phi) is 3.55. The molecule has 96 valence electrons. The lowest BCUT2D eigenvalue weighted by Gasteiger charge is -2.34. The van der Waals surface area contributed by atoms with Crippen LogP contribution in [0, 0.1) is 5.92 Å². The van der Waals surface area contributed by atoms with Crippen LogP contribution in [-0.2, 0) is 9.59 Å². The number of carbonyl (C=O) groups excluding carboxylic acids is 2. The second kappa shape index (κ2) is 5.12. The largest absolute Gasteiger partial charge is 0.331 e. The Hall–Kier alpha value is -1.98. The average molecular weight is 248 g/mol. The molecule has 0 bridgehead atoms. The molecule has 0 aromatic carbocycles. The molecule has 1 aromatic heterocycles. The van der Waals surface area contributed by atoms with E-state index in [0.717, 1.165) is 0 Å². The van der Waals surface area contributed by atoms with Gasteiger partial charge in [-0.25, -0.2) is 4.98 Å². The van der Waals surface area contributed by atoms with Gasteiger partial charge < -0.3 is 4.90 Å². The molecule has 0 aliphatic carbocycles. The van der Waals surface area contributed by atoms with E-state index >= 15 is 0 Å². The first-order valence-corrected chi connectivity index (χ1v) is 5.94. The summed E-state index contributed by atoms with van der Waals surface area (Å²) >= 11 is 0. The molecule has 0 spiro atoms. The molecule has 0 radical (unpaired) electrons. The highest BCUT2D eigenvalue weighted by Crippen LogP contribution is 2.14. The first-order valence-electron chi connectivity index (χ1n) is 5.94. The predicted molar refractivity (Wildman–Crippen MR) is 65.8 cm³/mol. The lowest BCUT2D eigenvalue weighted by atomic mass is 10.1. The van der Waals surface area contributed by atoms with Gasteiger partial charge >= 0.3 is 0 Å². The molecule has 1 saturated heterocycles. The third-order valence-corrected chi connectivity index (χ3v) is 2.85. The summed E-state index contributed by atoms with van der Waals surface area (Å²) in [6.07, 6.45) is 4.67. The molecule has 18 heavy (non-hydrogen) atoms. The van der Waals surface area contributed by atoms with Crippen molar-refractivity contribution >= 4 is 17.6 Å². The van der Waals surface area contributed by atoms with E-state index in [2.05, 4.69) is 9.97 Å². The van der Waals surface area contributed by atoms with Crippen molar-refractivity contribution in [3.63, 3.8) is 0 Å². The molecule has 1 aliphatic rings. The molecular formula is C12H16N4O2. The first kappa shape index (κ1) is 12.5. The summed E-state index contributed by atoms with van der Waals surface area (Å²) in [6.45, 7) is 4.80. The van der Waals surface area contributed by atoms with E-state index in [1.807, 2.05) is 13.8 Å². The monoisotopic (exact) mass is 248 g/mol. The van der Waals surface area contributed by atoms with Crippen molar-refractivity contribution in [2.24, 2.45) is 5.92 Å². The topological polar surface area (TPSA) is 66.4 Å². The second-order valence-corrected chi connectivity index (χ2v) is 4.52. The number of amides is 2. The molecule has 2 amide bonds. The maximum absolute atomic E-state index is 12.0. The van der Waals surface area contributed by atoms with Gasteiger partial charge in [0.05, 0.1) is 6.20 Å². The molecule has 1 aliphatic heterocycles. The minimum atomic E-state index is -0.115. The number of rotatable bonds is 2. The van der Waals surface area contributed by atoms with Gasteiger partial charge in [-0.15, -0.1) is 0 Å². The molecule has 6 nitrogen and oxygen atoms in total. The molecule has 0 atom stereocenters. The van der Waals surface area contributed by atoms with Crippen LogP contribution in [0.2, 0.25) is 0 Å². The number of hydrogen-bond donors (Lipinski definition) is 0. The SMILES string of the molecule is CC(C)C(=O)N1CCN(c2cnccn2)C(=O)C1. The van der Waals surface area contributed by atoms with Gasteiger partial charge in [0.25, 0.3) is 0 Å². The zero-order valence-corrected chi connectivity index (χ0v) is 10.5. The molecule has 0 N–H and O–H groups in total. The van der Waals surface area contributed by atoms with Gasteiger partial charge in [-0.05, 0) is 0 Å². The third-order valence-electron chi connectivity index (χ3n) is 2.85. The number of piperazine rings is 1. The summed E-state index contributed by atoms with van der Waals surface area (Å²) in [5.41, 5.74) is 0. The van der Waals surface area contributed by atoms with Crippen LogP contribution in [0.3, 0.4) is 0 Å². The van der Waals surface area contributed by atoms with Gasteiger partial charge in [-0.3, -0.25) is 19.5 Å². The Morgan fingerprint density at radius 3 is 2.67 bits per heavy atom. The zero-order chi connectivity index (χ0) is 13.1. The van der Waals surface area contributed by atoms with Gasteiger partial charge in [0.1, 0.15) is 6.54 Å². The Morgan fingerprint density at radius 2 is 2.11 bits per heavy atom. The van der Waals surface area contributed by atoms with Gasteiger partial charge in [0.2, 0.25) is 11.8 Å². The second-order valence-electron chi connectivity index (χ2n) is 4.52. The Balaban J connectivity index is 2.06. The summed E-state index contributed by atoms with van der Waals surface area (Å²) in [5, 5.41) is 0. The minimum absolute atomic E-state index is 0.0159. The maximum atomic E-state index is 12.0. The molecule has 2 heterocycles. The Labute approximate surface area is 106 Å². The standard InChI is InChI=1S/C12H16N4O2/c1-9(2)12(18)15-5-6-16(11(17)8-15)10-7-13-3-4-14-10/h3-4,7,9H,5-6,8H2,1-2H3. The highest BCUT2D eigenvalue weighted by molar-refractivity contribution is 5.97. The van der Waals surface area contributed by atoms with Crippen molar-refractivity contribution in [2.75, 3.05) is 24.5 Å². The van der Waals surface area contributed by atoms with Gasteiger partial charge in [-0.1, -0.05) is 13.8 Å². The van der Waals surface area contributed by atoms with Gasteiger partial charge in [-0.2, -0.15) is 0 Å². The zero-order valence-electron chi connectivity index (χ0n) is 10.5. The lowest BCUT2D eigenvalue weighted by molar-refractivity contribution is -0.139. The summed E-state index contributed by atoms with van der Waals surface area (Å²) in [7, 11) is 0. The lowest BCUT2D eigenvalue weighted by Crippen LogP contribution is -2.53. The van der Waals surface area contributed by atoms with Crippen LogP contribution in [-0.4, -0.2) is 46.3 Å². The highest BCUT2D eigenvalue weighted by Gasteiger charge is 2.29. The van der Waals surface area contributed by atoms with Crippen LogP contribution in [0.4, 0.5) is 5.82 Å². The van der Waals surface area contributed by atoms with E-state index in [-0.39, 0.29) is 24.3 Å². The number of hydrogen-bond acceptors (Lipinski definition) is 4. The molecule has 1 aromatic rings. The fourth-order valence-corrected chi connectivity index (χ4v) is 1.90. The van der Waals surface area contributed by atoms with Crippen LogP contribution in [0.1, 0.15) is 13.8 Å². The van der Waals surface area contributed by atoms with Crippen molar-refractivity contribution in [3.05, 3.63) is 18.6 Å². The summed E-state index contributed by atoms with van der Waals surface area (Å²) < 4.78 is 0. The number of anilines is 1. The number of carbonyl (C=O) groups is 2. The predicted octanol–water partition coefficient (Wildman–Crippen LogP) is 0.308. The fraction of sp³-hybridized carbons (Fsp3) is 0.500. The average Bonchev–Trinajstić information content (AvgIpc) is 2.38. The minimum Gasteiger partial charge on any atom is -0.331 e. The molecule has 1 fully saturated rings. The number of aromatic nitrogens is 2. The van der Waals surface area contributed by atoms with E-state index in [9.17, 15) is 9.59 Å². The van der Waals surface area contributed by atoms with Crippen molar-refractivity contribution in [1.29, 1.82) is 0 Å². The summed E-state index contributed by atoms with van der Waals surface area (Å²) in [5.74, 6) is 0.359. The van der Waals surface area contributed by atoms with E-state index < -0.39 is 0 Å². The van der Waals surface area contributed by atoms with E-state index in [0.29, 0.717) is 18.9 Å². The van der Waals surface area contributed by atoms with Crippen LogP contribution >= 0.6 is 0 Å². The number of nitrogens with zero attached hydrogens (tertiary/aromatic N) is 4. The first-order chi connectivity index (χ1) is 8.59. The molecule has 6 heteroatoms. The van der Waals surface area contributed by atoms with Gasteiger partial charge in [0, 0.05) is 31.4 Å². The normalized spacial score (nSPS) is 16.3. The van der Waals surface area contributed by atoms with Crippen molar-refractivity contribution in [2.45, 2.75) is 13.8 Å². The quantitative estimate of drug-likeness (QED) is 0.755. The van der Waals surface area contributed by atoms with Crippen molar-refractivity contribution in [3.8, 4) is 0 Å². The van der Waals surface area contributed by atoms with Crippen LogP contribution in [0.15, 0.2) is 18.6 Å². The van der Waals surface area contributed by atoms with Crippen molar-refractivity contribution < 1.29 is 9.59 Å². The molecular weight excluding hydrogens is 232 g/mol. The summed E-state index contributed by atoms with van der Waals surface area (Å²) in [6, 6.07) is 0. The van der Waals surface area contributed by atoms with E-state index in [1.165, 1.54) is 0 Å². The Bertz CT molecular complexity index is 447. The Morgan fingerprint density at radius 1 is 1.33 bits per heavy atom. The van der Waals surface area contributed by atoms with Gasteiger partial charge in [0.15, 0.2) is 5.82 Å². The van der Waals surface area contributed by atoms with Crippen LogP contribution < -0.4 is 4.90 Å². The maximum Gasteiger partial charge on any atom is 0.247 e. The molecule has 0 saturated carbocycles. The fourth-order valence-electron chi connectivity index (χ4n) is 1.90. The molecule has 2 rings (SSSR count). The molecule has 0 unspecified atom stereocenters. The van der Waals surface area contributed by atoms with E-state index in [1.54, 1.807) is 28.4 Å². The summed E-state index contributed by atoms with van der Waals surface area (Å²) in [4.78, 5) is 35.0. The van der Waals surface area contributed by atoms with Crippen LogP contribution in [0.25, 0.3) is 0 Å². The van der Waals surface area contributed by atoms with Crippen LogP contribution in [0.5, 0.6) is 0 Å². The smallest absolute Gasteiger partial charge is 0.247 e. The highest BCUT2D eigenvalue weighted by atomic mass is 16.2. The third kappa shape index (κ3) is 2.47. The van der Waals surface area contributed by atoms with E-state index in [4.69, 9.17) is 0 Å². The van der Waals surface area contributed by atoms with Crippen molar-refractivity contribution in [1.82, 2.24) is 14.9 Å².